The quantitative estimate of drug-likeness (QED) is 0.688. The number of hydrogen-bond acceptors (Lipinski definition) is 4. The molecule has 6 nitrogen and oxygen atoms in total. The van der Waals surface area contributed by atoms with Crippen molar-refractivity contribution in [1.29, 1.82) is 0 Å². The van der Waals surface area contributed by atoms with Crippen LogP contribution in [0.2, 0.25) is 0 Å². The number of carboxylic acids is 1. The van der Waals surface area contributed by atoms with Crippen LogP contribution in [0.5, 0.6) is 0 Å². The second kappa shape index (κ2) is 8.02. The number of para-hydroxylation sites is 2. The standard InChI is InChI=1S/C22H26N4O2/c1-25-20-5-3-2-4-19(20)24-22(25)23-18-11-14-26(15-12-18)13-10-16-6-8-17(9-7-16)21(27)28/h2-9,18H,10-15H2,1H3,(H,23,24)(H,27,28). The first kappa shape index (κ1) is 18.5. The maximum atomic E-state index is 10.9. The molecule has 0 saturated carbocycles. The van der Waals surface area contributed by atoms with E-state index in [2.05, 4.69) is 27.9 Å². The van der Waals surface area contributed by atoms with Gasteiger partial charge < -0.3 is 19.9 Å². The number of nitrogens with one attached hydrogen (secondary N) is 1. The summed E-state index contributed by atoms with van der Waals surface area (Å²) in [6.07, 6.45) is 3.14. The minimum atomic E-state index is -0.873. The first-order chi connectivity index (χ1) is 13.6. The molecule has 2 N–H and O–H groups in total. The molecule has 2 heterocycles. The zero-order chi connectivity index (χ0) is 19.5. The third kappa shape index (κ3) is 4.02. The van der Waals surface area contributed by atoms with E-state index < -0.39 is 5.97 Å². The van der Waals surface area contributed by atoms with Crippen LogP contribution in [-0.4, -0.2) is 51.2 Å². The van der Waals surface area contributed by atoms with E-state index in [0.29, 0.717) is 11.6 Å². The molecule has 1 aliphatic heterocycles. The Hall–Kier alpha value is -2.86. The monoisotopic (exact) mass is 378 g/mol. The molecule has 0 aliphatic carbocycles. The second-order valence-corrected chi connectivity index (χ2v) is 7.50. The summed E-state index contributed by atoms with van der Waals surface area (Å²) >= 11 is 0. The Labute approximate surface area is 164 Å². The average molecular weight is 378 g/mol. The van der Waals surface area contributed by atoms with E-state index in [-0.39, 0.29) is 0 Å². The summed E-state index contributed by atoms with van der Waals surface area (Å²) in [6, 6.07) is 15.9. The van der Waals surface area contributed by atoms with Gasteiger partial charge in [0, 0.05) is 32.7 Å². The lowest BCUT2D eigenvalue weighted by molar-refractivity contribution is 0.0697. The Morgan fingerprint density at radius 2 is 1.86 bits per heavy atom. The van der Waals surface area contributed by atoms with Crippen molar-refractivity contribution in [1.82, 2.24) is 14.5 Å². The van der Waals surface area contributed by atoms with Crippen molar-refractivity contribution in [3.05, 3.63) is 59.7 Å². The lowest BCUT2D eigenvalue weighted by atomic mass is 10.0. The van der Waals surface area contributed by atoms with Crippen LogP contribution in [0.15, 0.2) is 48.5 Å². The predicted octanol–water partition coefficient (Wildman–Crippen LogP) is 3.39. The Morgan fingerprint density at radius 1 is 1.14 bits per heavy atom. The maximum Gasteiger partial charge on any atom is 0.335 e. The van der Waals surface area contributed by atoms with Gasteiger partial charge in [-0.25, -0.2) is 9.78 Å². The third-order valence-electron chi connectivity index (χ3n) is 5.63. The van der Waals surface area contributed by atoms with E-state index in [9.17, 15) is 4.79 Å². The van der Waals surface area contributed by atoms with Crippen molar-refractivity contribution in [2.24, 2.45) is 7.05 Å². The van der Waals surface area contributed by atoms with Crippen LogP contribution in [0.25, 0.3) is 11.0 Å². The van der Waals surface area contributed by atoms with Gasteiger partial charge in [-0.3, -0.25) is 0 Å². The van der Waals surface area contributed by atoms with Crippen LogP contribution < -0.4 is 5.32 Å². The number of carbonyl (C=O) groups is 1. The second-order valence-electron chi connectivity index (χ2n) is 7.50. The number of aromatic nitrogens is 2. The lowest BCUT2D eigenvalue weighted by Crippen LogP contribution is -2.40. The van der Waals surface area contributed by atoms with E-state index in [1.807, 2.05) is 30.3 Å². The lowest BCUT2D eigenvalue weighted by Gasteiger charge is -2.32. The molecule has 0 atom stereocenters. The number of rotatable bonds is 6. The van der Waals surface area contributed by atoms with Gasteiger partial charge in [0.15, 0.2) is 0 Å². The van der Waals surface area contributed by atoms with Gasteiger partial charge in [-0.05, 0) is 49.1 Å². The zero-order valence-electron chi connectivity index (χ0n) is 16.1. The first-order valence-corrected chi connectivity index (χ1v) is 9.83. The summed E-state index contributed by atoms with van der Waals surface area (Å²) in [4.78, 5) is 18.1. The normalized spacial score (nSPS) is 15.8. The molecule has 3 aromatic rings. The molecule has 2 aromatic carbocycles. The number of piperidine rings is 1. The molecule has 1 aromatic heterocycles. The van der Waals surface area contributed by atoms with Gasteiger partial charge in [0.25, 0.3) is 0 Å². The van der Waals surface area contributed by atoms with Gasteiger partial charge in [-0.2, -0.15) is 0 Å². The maximum absolute atomic E-state index is 10.9. The molecular formula is C22H26N4O2. The van der Waals surface area contributed by atoms with Gasteiger partial charge in [0.2, 0.25) is 5.95 Å². The highest BCUT2D eigenvalue weighted by atomic mass is 16.4. The number of likely N-dealkylation sites (tertiary alicyclic amines) is 1. The summed E-state index contributed by atoms with van der Waals surface area (Å²) in [6.45, 7) is 3.13. The van der Waals surface area contributed by atoms with E-state index in [4.69, 9.17) is 10.1 Å². The molecule has 0 spiro atoms. The van der Waals surface area contributed by atoms with Gasteiger partial charge in [0.05, 0.1) is 16.6 Å². The molecule has 4 rings (SSSR count). The fraction of sp³-hybridized carbons (Fsp3) is 0.364. The summed E-state index contributed by atoms with van der Waals surface area (Å²) in [5.74, 6) is 0.0694. The number of anilines is 1. The van der Waals surface area contributed by atoms with Gasteiger partial charge >= 0.3 is 5.97 Å². The van der Waals surface area contributed by atoms with Crippen molar-refractivity contribution in [3.63, 3.8) is 0 Å². The number of imidazole rings is 1. The molecular weight excluding hydrogens is 352 g/mol. The van der Waals surface area contributed by atoms with Crippen LogP contribution in [0.4, 0.5) is 5.95 Å². The van der Waals surface area contributed by atoms with Crippen LogP contribution in [0.1, 0.15) is 28.8 Å². The Morgan fingerprint density at radius 3 is 2.54 bits per heavy atom. The highest BCUT2D eigenvalue weighted by Gasteiger charge is 2.20. The number of benzene rings is 2. The first-order valence-electron chi connectivity index (χ1n) is 9.83. The average Bonchev–Trinajstić information content (AvgIpc) is 3.03. The molecule has 1 fully saturated rings. The smallest absolute Gasteiger partial charge is 0.335 e. The third-order valence-corrected chi connectivity index (χ3v) is 5.63. The van der Waals surface area contributed by atoms with Crippen LogP contribution in [0.3, 0.4) is 0 Å². The molecule has 1 aliphatic rings. The topological polar surface area (TPSA) is 70.4 Å². The summed E-state index contributed by atoms with van der Waals surface area (Å²) in [7, 11) is 2.06. The molecule has 0 bridgehead atoms. The number of aryl methyl sites for hydroxylation is 1. The fourth-order valence-electron chi connectivity index (χ4n) is 3.86. The highest BCUT2D eigenvalue weighted by molar-refractivity contribution is 5.87. The van der Waals surface area contributed by atoms with E-state index in [0.717, 1.165) is 55.9 Å². The number of carboxylic acid groups (broad SMARTS) is 1. The summed E-state index contributed by atoms with van der Waals surface area (Å²) < 4.78 is 2.13. The van der Waals surface area contributed by atoms with E-state index >= 15 is 0 Å². The van der Waals surface area contributed by atoms with Crippen LogP contribution in [0, 0.1) is 0 Å². The largest absolute Gasteiger partial charge is 0.478 e. The molecule has 0 amide bonds. The Bertz CT molecular complexity index is 956. The highest BCUT2D eigenvalue weighted by Crippen LogP contribution is 2.21. The number of hydrogen-bond donors (Lipinski definition) is 2. The Balaban J connectivity index is 1.27. The molecule has 0 unspecified atom stereocenters. The molecule has 1 saturated heterocycles. The van der Waals surface area contributed by atoms with Crippen molar-refractivity contribution in [3.8, 4) is 0 Å². The van der Waals surface area contributed by atoms with Crippen molar-refractivity contribution >= 4 is 23.0 Å². The van der Waals surface area contributed by atoms with E-state index in [1.54, 1.807) is 12.1 Å². The zero-order valence-corrected chi connectivity index (χ0v) is 16.1. The minimum Gasteiger partial charge on any atom is -0.478 e. The van der Waals surface area contributed by atoms with Gasteiger partial charge in [-0.1, -0.05) is 24.3 Å². The molecule has 0 radical (unpaired) electrons. The summed E-state index contributed by atoms with van der Waals surface area (Å²) in [5.41, 5.74) is 3.71. The molecule has 146 valence electrons. The van der Waals surface area contributed by atoms with Crippen molar-refractivity contribution < 1.29 is 9.90 Å². The van der Waals surface area contributed by atoms with Crippen LogP contribution >= 0.6 is 0 Å². The summed E-state index contributed by atoms with van der Waals surface area (Å²) in [5, 5.41) is 12.6. The Kier molecular flexibility index (Phi) is 5.30. The van der Waals surface area contributed by atoms with E-state index in [1.165, 1.54) is 5.56 Å². The molecule has 28 heavy (non-hydrogen) atoms. The van der Waals surface area contributed by atoms with Crippen LogP contribution in [-0.2, 0) is 13.5 Å². The van der Waals surface area contributed by atoms with Gasteiger partial charge in [0.1, 0.15) is 0 Å². The number of aromatic carboxylic acids is 1. The SMILES string of the molecule is Cn1c(NC2CCN(CCc3ccc(C(=O)O)cc3)CC2)nc2ccccc21. The van der Waals surface area contributed by atoms with Crippen molar-refractivity contribution in [2.45, 2.75) is 25.3 Å². The number of nitrogens with zero attached hydrogens (tertiary/aromatic N) is 3. The predicted molar refractivity (Wildman–Crippen MR) is 111 cm³/mol. The molecule has 6 heteroatoms. The minimum absolute atomic E-state index is 0.345. The van der Waals surface area contributed by atoms with Gasteiger partial charge in [-0.15, -0.1) is 0 Å². The fourth-order valence-corrected chi connectivity index (χ4v) is 3.86. The van der Waals surface area contributed by atoms with Crippen molar-refractivity contribution in [2.75, 3.05) is 25.0 Å². The number of fused-ring (bicyclic) bond motifs is 1.